The third kappa shape index (κ3) is 3.56. The lowest BCUT2D eigenvalue weighted by Gasteiger charge is -2.06. The predicted molar refractivity (Wildman–Crippen MR) is 54.5 cm³/mol. The van der Waals surface area contributed by atoms with Crippen LogP contribution in [0.4, 0.5) is 0 Å². The van der Waals surface area contributed by atoms with E-state index in [2.05, 4.69) is 11.4 Å². The minimum atomic E-state index is -0.326. The van der Waals surface area contributed by atoms with Gasteiger partial charge in [0.25, 0.3) is 0 Å². The topological polar surface area (TPSA) is 56.0 Å². The second-order valence-electron chi connectivity index (χ2n) is 3.29. The number of aliphatic hydroxyl groups excluding tert-OH is 1. The van der Waals surface area contributed by atoms with Gasteiger partial charge in [0, 0.05) is 13.1 Å². The van der Waals surface area contributed by atoms with Crippen LogP contribution >= 0.6 is 0 Å². The van der Waals surface area contributed by atoms with Crippen molar-refractivity contribution in [1.29, 1.82) is 5.26 Å². The standard InChI is InChI=1S/C11H14N2O/c1-9(14)7-13-8-11-4-2-10(6-12)3-5-11/h2-5,9,13-14H,7-8H2,1H3/t9-/m0/s1. The van der Waals surface area contributed by atoms with E-state index in [-0.39, 0.29) is 6.10 Å². The minimum Gasteiger partial charge on any atom is -0.392 e. The fraction of sp³-hybridized carbons (Fsp3) is 0.364. The molecule has 0 radical (unpaired) electrons. The predicted octanol–water partition coefficient (Wildman–Crippen LogP) is 1.03. The Morgan fingerprint density at radius 1 is 1.43 bits per heavy atom. The molecule has 0 amide bonds. The summed E-state index contributed by atoms with van der Waals surface area (Å²) in [6.45, 7) is 3.04. The van der Waals surface area contributed by atoms with E-state index in [1.807, 2.05) is 12.1 Å². The van der Waals surface area contributed by atoms with Crippen LogP contribution in [0, 0.1) is 11.3 Å². The van der Waals surface area contributed by atoms with Crippen LogP contribution in [-0.4, -0.2) is 17.8 Å². The van der Waals surface area contributed by atoms with Gasteiger partial charge in [-0.3, -0.25) is 0 Å². The van der Waals surface area contributed by atoms with Crippen molar-refractivity contribution in [3.8, 4) is 6.07 Å². The molecule has 0 aromatic heterocycles. The first-order chi connectivity index (χ1) is 6.72. The van der Waals surface area contributed by atoms with Crippen LogP contribution < -0.4 is 5.32 Å². The molecule has 1 rings (SSSR count). The van der Waals surface area contributed by atoms with E-state index in [0.717, 1.165) is 12.1 Å². The smallest absolute Gasteiger partial charge is 0.0991 e. The van der Waals surface area contributed by atoms with Crippen molar-refractivity contribution in [2.24, 2.45) is 0 Å². The maximum atomic E-state index is 9.01. The lowest BCUT2D eigenvalue weighted by Crippen LogP contribution is -2.23. The minimum absolute atomic E-state index is 0.326. The van der Waals surface area contributed by atoms with E-state index < -0.39 is 0 Å². The van der Waals surface area contributed by atoms with Gasteiger partial charge in [0.2, 0.25) is 0 Å². The molecule has 3 nitrogen and oxygen atoms in total. The molecule has 2 N–H and O–H groups in total. The molecule has 0 heterocycles. The Bertz CT molecular complexity index is 311. The molecule has 0 bridgehead atoms. The van der Waals surface area contributed by atoms with Crippen molar-refractivity contribution in [3.63, 3.8) is 0 Å². The van der Waals surface area contributed by atoms with Gasteiger partial charge < -0.3 is 10.4 Å². The largest absolute Gasteiger partial charge is 0.392 e. The zero-order valence-corrected chi connectivity index (χ0v) is 8.20. The van der Waals surface area contributed by atoms with Gasteiger partial charge in [-0.05, 0) is 24.6 Å². The quantitative estimate of drug-likeness (QED) is 0.745. The molecule has 0 fully saturated rings. The SMILES string of the molecule is C[C@H](O)CNCc1ccc(C#N)cc1. The molecule has 0 spiro atoms. The Hall–Kier alpha value is -1.37. The maximum absolute atomic E-state index is 9.01. The molecule has 1 atom stereocenters. The summed E-state index contributed by atoms with van der Waals surface area (Å²) in [6.07, 6.45) is -0.326. The lowest BCUT2D eigenvalue weighted by atomic mass is 10.1. The van der Waals surface area contributed by atoms with Gasteiger partial charge in [0.1, 0.15) is 0 Å². The molecule has 3 heteroatoms. The third-order valence-electron chi connectivity index (χ3n) is 1.85. The van der Waals surface area contributed by atoms with Crippen LogP contribution in [0.2, 0.25) is 0 Å². The molecule has 14 heavy (non-hydrogen) atoms. The average Bonchev–Trinajstić information content (AvgIpc) is 2.18. The Morgan fingerprint density at radius 2 is 2.07 bits per heavy atom. The number of nitriles is 1. The summed E-state index contributed by atoms with van der Waals surface area (Å²) in [5.74, 6) is 0. The van der Waals surface area contributed by atoms with Crippen molar-refractivity contribution >= 4 is 0 Å². The first kappa shape index (κ1) is 10.7. The lowest BCUT2D eigenvalue weighted by molar-refractivity contribution is 0.191. The van der Waals surface area contributed by atoms with E-state index in [4.69, 9.17) is 10.4 Å². The van der Waals surface area contributed by atoms with Gasteiger partial charge in [-0.2, -0.15) is 5.26 Å². The van der Waals surface area contributed by atoms with Gasteiger partial charge >= 0.3 is 0 Å². The monoisotopic (exact) mass is 190 g/mol. The summed E-state index contributed by atoms with van der Waals surface area (Å²) in [7, 11) is 0. The van der Waals surface area contributed by atoms with Gasteiger partial charge in [0.05, 0.1) is 17.7 Å². The number of hydrogen-bond acceptors (Lipinski definition) is 3. The van der Waals surface area contributed by atoms with Crippen LogP contribution in [-0.2, 0) is 6.54 Å². The van der Waals surface area contributed by atoms with E-state index >= 15 is 0 Å². The molecule has 0 aliphatic carbocycles. The van der Waals surface area contributed by atoms with E-state index in [0.29, 0.717) is 12.1 Å². The van der Waals surface area contributed by atoms with Crippen molar-refractivity contribution in [3.05, 3.63) is 35.4 Å². The third-order valence-corrected chi connectivity index (χ3v) is 1.85. The fourth-order valence-corrected chi connectivity index (χ4v) is 1.12. The van der Waals surface area contributed by atoms with Crippen molar-refractivity contribution < 1.29 is 5.11 Å². The summed E-state index contributed by atoms with van der Waals surface area (Å²) in [5, 5.41) is 20.7. The molecular weight excluding hydrogens is 176 g/mol. The molecule has 0 aliphatic rings. The van der Waals surface area contributed by atoms with Gasteiger partial charge in [-0.1, -0.05) is 12.1 Å². The highest BCUT2D eigenvalue weighted by Crippen LogP contribution is 2.02. The zero-order chi connectivity index (χ0) is 10.4. The van der Waals surface area contributed by atoms with E-state index in [1.54, 1.807) is 19.1 Å². The first-order valence-electron chi connectivity index (χ1n) is 4.60. The second kappa shape index (κ2) is 5.38. The van der Waals surface area contributed by atoms with Gasteiger partial charge in [-0.25, -0.2) is 0 Å². The van der Waals surface area contributed by atoms with Crippen molar-refractivity contribution in [2.45, 2.75) is 19.6 Å². The first-order valence-corrected chi connectivity index (χ1v) is 4.60. The number of hydrogen-bond donors (Lipinski definition) is 2. The average molecular weight is 190 g/mol. The maximum Gasteiger partial charge on any atom is 0.0991 e. The zero-order valence-electron chi connectivity index (χ0n) is 8.20. The number of nitrogens with zero attached hydrogens (tertiary/aromatic N) is 1. The number of benzene rings is 1. The van der Waals surface area contributed by atoms with Gasteiger partial charge in [-0.15, -0.1) is 0 Å². The van der Waals surface area contributed by atoms with E-state index in [9.17, 15) is 0 Å². The molecule has 0 saturated carbocycles. The second-order valence-corrected chi connectivity index (χ2v) is 3.29. The summed E-state index contributed by atoms with van der Waals surface area (Å²) in [5.41, 5.74) is 1.79. The summed E-state index contributed by atoms with van der Waals surface area (Å²) >= 11 is 0. The summed E-state index contributed by atoms with van der Waals surface area (Å²) < 4.78 is 0. The highest BCUT2D eigenvalue weighted by Gasteiger charge is 1.96. The number of aliphatic hydroxyl groups is 1. The highest BCUT2D eigenvalue weighted by atomic mass is 16.3. The van der Waals surface area contributed by atoms with Crippen LogP contribution in [0.5, 0.6) is 0 Å². The van der Waals surface area contributed by atoms with Crippen molar-refractivity contribution in [1.82, 2.24) is 5.32 Å². The highest BCUT2D eigenvalue weighted by molar-refractivity contribution is 5.31. The van der Waals surface area contributed by atoms with Crippen LogP contribution in [0.3, 0.4) is 0 Å². The molecule has 74 valence electrons. The number of rotatable bonds is 4. The molecule has 0 saturated heterocycles. The Balaban J connectivity index is 2.41. The Kier molecular flexibility index (Phi) is 4.11. The van der Waals surface area contributed by atoms with Crippen LogP contribution in [0.15, 0.2) is 24.3 Å². The summed E-state index contributed by atoms with van der Waals surface area (Å²) in [4.78, 5) is 0. The molecule has 1 aromatic rings. The Morgan fingerprint density at radius 3 is 2.57 bits per heavy atom. The number of nitrogens with one attached hydrogen (secondary N) is 1. The molecule has 0 unspecified atom stereocenters. The van der Waals surface area contributed by atoms with Gasteiger partial charge in [0.15, 0.2) is 0 Å². The van der Waals surface area contributed by atoms with E-state index in [1.165, 1.54) is 0 Å². The van der Waals surface area contributed by atoms with Crippen LogP contribution in [0.25, 0.3) is 0 Å². The van der Waals surface area contributed by atoms with Crippen LogP contribution in [0.1, 0.15) is 18.1 Å². The van der Waals surface area contributed by atoms with Crippen molar-refractivity contribution in [2.75, 3.05) is 6.54 Å². The fourth-order valence-electron chi connectivity index (χ4n) is 1.12. The molecule has 1 aromatic carbocycles. The Labute approximate surface area is 84.0 Å². The normalized spacial score (nSPS) is 12.1. The molecule has 0 aliphatic heterocycles. The summed E-state index contributed by atoms with van der Waals surface area (Å²) in [6, 6.07) is 9.47. The molecular formula is C11H14N2O.